The molecular weight excluding hydrogens is 312 g/mol. The van der Waals surface area contributed by atoms with Crippen LogP contribution >= 0.6 is 15.9 Å². The van der Waals surface area contributed by atoms with E-state index in [0.29, 0.717) is 16.9 Å². The van der Waals surface area contributed by atoms with E-state index in [-0.39, 0.29) is 11.5 Å². The Labute approximate surface area is 122 Å². The van der Waals surface area contributed by atoms with Gasteiger partial charge in [-0.05, 0) is 66.7 Å². The Hall–Kier alpha value is -0.480. The molecule has 108 valence electrons. The van der Waals surface area contributed by atoms with E-state index in [1.54, 1.807) is 0 Å². The largest absolute Gasteiger partial charge is 0.314 e. The van der Waals surface area contributed by atoms with Crippen LogP contribution in [0.1, 0.15) is 39.2 Å². The molecule has 0 heterocycles. The molecular formula is C15H22BrF2N. The molecule has 2 unspecified atom stereocenters. The van der Waals surface area contributed by atoms with Gasteiger partial charge in [0.1, 0.15) is 11.6 Å². The quantitative estimate of drug-likeness (QED) is 0.714. The fourth-order valence-electron chi connectivity index (χ4n) is 2.27. The van der Waals surface area contributed by atoms with Crippen LogP contribution < -0.4 is 5.32 Å². The molecule has 1 aromatic carbocycles. The average molecular weight is 334 g/mol. The fraction of sp³-hybridized carbons (Fsp3) is 0.600. The minimum Gasteiger partial charge on any atom is -0.314 e. The molecule has 19 heavy (non-hydrogen) atoms. The summed E-state index contributed by atoms with van der Waals surface area (Å²) in [6, 6.07) is 3.09. The first-order chi connectivity index (χ1) is 8.95. The third-order valence-corrected chi connectivity index (χ3v) is 3.80. The molecule has 1 aromatic rings. The fourth-order valence-corrected chi connectivity index (χ4v) is 2.64. The number of hydrogen-bond acceptors (Lipinski definition) is 1. The van der Waals surface area contributed by atoms with E-state index < -0.39 is 11.6 Å². The van der Waals surface area contributed by atoms with Gasteiger partial charge >= 0.3 is 0 Å². The molecule has 2 atom stereocenters. The summed E-state index contributed by atoms with van der Waals surface area (Å²) in [5.74, 6) is -0.694. The van der Waals surface area contributed by atoms with Crippen molar-refractivity contribution in [2.75, 3.05) is 6.54 Å². The second-order valence-corrected chi connectivity index (χ2v) is 6.08. The van der Waals surface area contributed by atoms with Crippen molar-refractivity contribution in [1.82, 2.24) is 5.32 Å². The van der Waals surface area contributed by atoms with Crippen LogP contribution in [0.3, 0.4) is 0 Å². The van der Waals surface area contributed by atoms with Gasteiger partial charge in [0.05, 0.1) is 4.47 Å². The summed E-state index contributed by atoms with van der Waals surface area (Å²) in [7, 11) is 0. The first kappa shape index (κ1) is 16.6. The van der Waals surface area contributed by atoms with Crippen LogP contribution in [0.15, 0.2) is 16.6 Å². The molecule has 0 fully saturated rings. The van der Waals surface area contributed by atoms with Crippen molar-refractivity contribution in [2.45, 2.75) is 46.1 Å². The van der Waals surface area contributed by atoms with Crippen molar-refractivity contribution in [3.63, 3.8) is 0 Å². The summed E-state index contributed by atoms with van der Waals surface area (Å²) in [5.41, 5.74) is 0.185. The predicted octanol–water partition coefficient (Wildman–Crippen LogP) is 4.68. The Morgan fingerprint density at radius 2 is 1.95 bits per heavy atom. The van der Waals surface area contributed by atoms with Gasteiger partial charge in [0.2, 0.25) is 0 Å². The van der Waals surface area contributed by atoms with Crippen LogP contribution in [0.5, 0.6) is 0 Å². The van der Waals surface area contributed by atoms with Gasteiger partial charge < -0.3 is 5.32 Å². The second-order valence-electron chi connectivity index (χ2n) is 5.22. The zero-order chi connectivity index (χ0) is 14.4. The Kier molecular flexibility index (Phi) is 6.94. The summed E-state index contributed by atoms with van der Waals surface area (Å²) in [6.45, 7) is 7.24. The lowest BCUT2D eigenvalue weighted by molar-refractivity contribution is 0.408. The van der Waals surface area contributed by atoms with Crippen molar-refractivity contribution in [1.29, 1.82) is 0 Å². The molecule has 0 amide bonds. The molecule has 0 bridgehead atoms. The van der Waals surface area contributed by atoms with E-state index in [9.17, 15) is 8.78 Å². The van der Waals surface area contributed by atoms with Gasteiger partial charge in [-0.15, -0.1) is 0 Å². The van der Waals surface area contributed by atoms with E-state index >= 15 is 0 Å². The molecule has 0 radical (unpaired) electrons. The molecule has 0 spiro atoms. The minimum absolute atomic E-state index is 0.185. The lowest BCUT2D eigenvalue weighted by atomic mass is 9.94. The maximum atomic E-state index is 13.9. The molecule has 1 rings (SSSR count). The van der Waals surface area contributed by atoms with E-state index in [0.717, 1.165) is 19.4 Å². The van der Waals surface area contributed by atoms with Crippen molar-refractivity contribution in [3.8, 4) is 0 Å². The van der Waals surface area contributed by atoms with Crippen LogP contribution in [0.25, 0.3) is 0 Å². The summed E-state index contributed by atoms with van der Waals surface area (Å²) < 4.78 is 27.8. The van der Waals surface area contributed by atoms with Gasteiger partial charge in [-0.25, -0.2) is 8.78 Å². The van der Waals surface area contributed by atoms with Crippen LogP contribution in [0.2, 0.25) is 0 Å². The third kappa shape index (κ3) is 5.19. The minimum atomic E-state index is -0.471. The second kappa shape index (κ2) is 7.95. The number of rotatable bonds is 7. The summed E-state index contributed by atoms with van der Waals surface area (Å²) in [4.78, 5) is 0. The van der Waals surface area contributed by atoms with Crippen LogP contribution in [0.4, 0.5) is 8.78 Å². The molecule has 0 saturated carbocycles. The maximum Gasteiger partial charge on any atom is 0.143 e. The third-order valence-electron chi connectivity index (χ3n) is 3.19. The van der Waals surface area contributed by atoms with Gasteiger partial charge in [-0.1, -0.05) is 13.8 Å². The topological polar surface area (TPSA) is 12.0 Å². The summed E-state index contributed by atoms with van der Waals surface area (Å²) >= 11 is 3.10. The highest BCUT2D eigenvalue weighted by Gasteiger charge is 2.16. The molecule has 1 nitrogen and oxygen atoms in total. The molecule has 1 N–H and O–H groups in total. The Balaban J connectivity index is 2.62. The normalized spacial score (nSPS) is 14.4. The Bertz CT molecular complexity index is 409. The van der Waals surface area contributed by atoms with Gasteiger partial charge in [-0.3, -0.25) is 0 Å². The van der Waals surface area contributed by atoms with Crippen molar-refractivity contribution < 1.29 is 8.78 Å². The van der Waals surface area contributed by atoms with Gasteiger partial charge in [0.15, 0.2) is 0 Å². The average Bonchev–Trinajstić information content (AvgIpc) is 2.36. The highest BCUT2D eigenvalue weighted by atomic mass is 79.9. The maximum absolute atomic E-state index is 13.9. The van der Waals surface area contributed by atoms with Gasteiger partial charge in [0.25, 0.3) is 0 Å². The summed E-state index contributed by atoms with van der Waals surface area (Å²) in [6.07, 6.45) is 2.42. The molecule has 0 aliphatic carbocycles. The van der Waals surface area contributed by atoms with Crippen molar-refractivity contribution >= 4 is 15.9 Å². The standard InChI is InChI=1S/C15H22BrF2N/c1-4-7-19-11(3)8-10(2)9-12-14(17)6-5-13(16)15(12)18/h5-6,10-11,19H,4,7-9H2,1-3H3. The SMILES string of the molecule is CCCNC(C)CC(C)Cc1c(F)ccc(Br)c1F. The number of benzene rings is 1. The van der Waals surface area contributed by atoms with E-state index in [4.69, 9.17) is 0 Å². The van der Waals surface area contributed by atoms with Crippen molar-refractivity contribution in [2.24, 2.45) is 5.92 Å². The zero-order valence-electron chi connectivity index (χ0n) is 11.8. The molecule has 0 aliphatic heterocycles. The smallest absolute Gasteiger partial charge is 0.143 e. The van der Waals surface area contributed by atoms with Crippen LogP contribution in [-0.2, 0) is 6.42 Å². The van der Waals surface area contributed by atoms with E-state index in [1.165, 1.54) is 12.1 Å². The van der Waals surface area contributed by atoms with Gasteiger partial charge in [-0.2, -0.15) is 0 Å². The molecule has 0 aromatic heterocycles. The number of halogens is 3. The lowest BCUT2D eigenvalue weighted by Crippen LogP contribution is -2.29. The molecule has 0 saturated heterocycles. The monoisotopic (exact) mass is 333 g/mol. The highest BCUT2D eigenvalue weighted by Crippen LogP contribution is 2.25. The zero-order valence-corrected chi connectivity index (χ0v) is 13.4. The molecule has 4 heteroatoms. The molecule has 0 aliphatic rings. The van der Waals surface area contributed by atoms with E-state index in [1.807, 2.05) is 6.92 Å². The Morgan fingerprint density at radius 1 is 1.26 bits per heavy atom. The first-order valence-corrected chi connectivity index (χ1v) is 7.60. The number of nitrogens with one attached hydrogen (secondary N) is 1. The highest BCUT2D eigenvalue weighted by molar-refractivity contribution is 9.10. The number of hydrogen-bond donors (Lipinski definition) is 1. The summed E-state index contributed by atoms with van der Waals surface area (Å²) in [5, 5.41) is 3.39. The predicted molar refractivity (Wildman–Crippen MR) is 79.3 cm³/mol. The van der Waals surface area contributed by atoms with Crippen LogP contribution in [0, 0.1) is 17.6 Å². The Morgan fingerprint density at radius 3 is 2.58 bits per heavy atom. The first-order valence-electron chi connectivity index (χ1n) is 6.81. The van der Waals surface area contributed by atoms with Crippen LogP contribution in [-0.4, -0.2) is 12.6 Å². The van der Waals surface area contributed by atoms with E-state index in [2.05, 4.69) is 35.1 Å². The van der Waals surface area contributed by atoms with Gasteiger partial charge in [0, 0.05) is 11.6 Å². The van der Waals surface area contributed by atoms with Crippen molar-refractivity contribution in [3.05, 3.63) is 33.8 Å². The lowest BCUT2D eigenvalue weighted by Gasteiger charge is -2.19.